The first-order valence-corrected chi connectivity index (χ1v) is 9.87. The number of para-hydroxylation sites is 1. The Bertz CT molecular complexity index is 993. The molecule has 1 heterocycles. The third kappa shape index (κ3) is 4.09. The van der Waals surface area contributed by atoms with E-state index in [0.29, 0.717) is 16.3 Å². The third-order valence-corrected chi connectivity index (χ3v) is 5.45. The Hall–Kier alpha value is -2.57. The number of imide groups is 1. The monoisotopic (exact) mass is 433 g/mol. The fourth-order valence-electron chi connectivity index (χ4n) is 3.37. The first-order valence-electron chi connectivity index (χ1n) is 9.12. The number of carbonyl (C=O) groups excluding carboxylic acids is 3. The lowest BCUT2D eigenvalue weighted by Crippen LogP contribution is -2.42. The molecule has 0 bridgehead atoms. The van der Waals surface area contributed by atoms with Crippen molar-refractivity contribution < 1.29 is 14.4 Å². The molecular weight excluding hydrogens is 413 g/mol. The van der Waals surface area contributed by atoms with E-state index in [1.54, 1.807) is 25.1 Å². The van der Waals surface area contributed by atoms with Crippen LogP contribution in [0, 0.1) is 0 Å². The van der Waals surface area contributed by atoms with Crippen LogP contribution in [0.3, 0.4) is 0 Å². The zero-order valence-corrected chi connectivity index (χ0v) is 17.8. The molecule has 0 radical (unpaired) electrons. The summed E-state index contributed by atoms with van der Waals surface area (Å²) in [5.41, 5.74) is 0.656. The smallest absolute Gasteiger partial charge is 0.324 e. The number of rotatable bonds is 5. The largest absolute Gasteiger partial charge is 0.325 e. The van der Waals surface area contributed by atoms with Crippen molar-refractivity contribution in [3.05, 3.63) is 63.6 Å². The van der Waals surface area contributed by atoms with Crippen LogP contribution in [-0.4, -0.2) is 29.3 Å². The second-order valence-electron chi connectivity index (χ2n) is 7.36. The molecule has 6 nitrogen and oxygen atoms in total. The van der Waals surface area contributed by atoms with E-state index >= 15 is 0 Å². The van der Waals surface area contributed by atoms with Crippen LogP contribution in [-0.2, 0) is 15.1 Å². The van der Waals surface area contributed by atoms with E-state index in [2.05, 4.69) is 10.6 Å². The van der Waals surface area contributed by atoms with Gasteiger partial charge in [-0.1, -0.05) is 61.3 Å². The molecule has 1 aliphatic heterocycles. The third-order valence-electron chi connectivity index (χ3n) is 4.90. The van der Waals surface area contributed by atoms with Gasteiger partial charge in [-0.3, -0.25) is 14.5 Å². The van der Waals surface area contributed by atoms with Crippen molar-refractivity contribution in [3.8, 4) is 0 Å². The normalized spacial score (nSPS) is 18.9. The predicted molar refractivity (Wildman–Crippen MR) is 113 cm³/mol. The van der Waals surface area contributed by atoms with E-state index in [1.807, 2.05) is 32.0 Å². The topological polar surface area (TPSA) is 78.5 Å². The van der Waals surface area contributed by atoms with E-state index in [9.17, 15) is 14.4 Å². The fraction of sp³-hybridized carbons (Fsp3) is 0.286. The summed E-state index contributed by atoms with van der Waals surface area (Å²) < 4.78 is 0. The van der Waals surface area contributed by atoms with E-state index in [-0.39, 0.29) is 10.9 Å². The Morgan fingerprint density at radius 1 is 1.17 bits per heavy atom. The van der Waals surface area contributed by atoms with Crippen LogP contribution in [0.4, 0.5) is 10.5 Å². The Balaban J connectivity index is 1.79. The minimum Gasteiger partial charge on any atom is -0.324 e. The molecule has 0 spiro atoms. The van der Waals surface area contributed by atoms with Gasteiger partial charge in [0.1, 0.15) is 12.1 Å². The average Bonchev–Trinajstić information content (AvgIpc) is 2.85. The van der Waals surface area contributed by atoms with Crippen molar-refractivity contribution in [2.75, 3.05) is 11.9 Å². The van der Waals surface area contributed by atoms with Crippen LogP contribution in [0.25, 0.3) is 0 Å². The van der Waals surface area contributed by atoms with Crippen molar-refractivity contribution >= 4 is 46.7 Å². The van der Waals surface area contributed by atoms with Gasteiger partial charge in [-0.05, 0) is 36.6 Å². The molecule has 2 aromatic carbocycles. The van der Waals surface area contributed by atoms with E-state index in [4.69, 9.17) is 23.2 Å². The number of benzene rings is 2. The van der Waals surface area contributed by atoms with Gasteiger partial charge in [-0.25, -0.2) is 4.79 Å². The predicted octanol–water partition coefficient (Wildman–Crippen LogP) is 4.52. The average molecular weight is 434 g/mol. The Morgan fingerprint density at radius 2 is 1.86 bits per heavy atom. The van der Waals surface area contributed by atoms with Crippen LogP contribution in [0.15, 0.2) is 42.5 Å². The van der Waals surface area contributed by atoms with Gasteiger partial charge in [0, 0.05) is 21.3 Å². The molecule has 3 rings (SSSR count). The number of urea groups is 1. The molecule has 0 unspecified atom stereocenters. The van der Waals surface area contributed by atoms with Crippen molar-refractivity contribution in [2.24, 2.45) is 0 Å². The van der Waals surface area contributed by atoms with Crippen molar-refractivity contribution in [1.82, 2.24) is 10.2 Å². The molecule has 8 heteroatoms. The first-order chi connectivity index (χ1) is 13.6. The maximum absolute atomic E-state index is 13.0. The number of amides is 4. The lowest BCUT2D eigenvalue weighted by molar-refractivity contribution is -0.133. The second kappa shape index (κ2) is 8.05. The highest BCUT2D eigenvalue weighted by atomic mass is 35.5. The molecule has 2 N–H and O–H groups in total. The molecule has 4 amide bonds. The Morgan fingerprint density at radius 3 is 2.52 bits per heavy atom. The van der Waals surface area contributed by atoms with Gasteiger partial charge in [0.25, 0.3) is 5.91 Å². The molecule has 152 valence electrons. The summed E-state index contributed by atoms with van der Waals surface area (Å²) >= 11 is 12.2. The van der Waals surface area contributed by atoms with Gasteiger partial charge >= 0.3 is 6.03 Å². The molecule has 1 saturated heterocycles. The number of carbonyl (C=O) groups is 3. The van der Waals surface area contributed by atoms with Crippen LogP contribution < -0.4 is 10.6 Å². The van der Waals surface area contributed by atoms with Gasteiger partial charge in [-0.15, -0.1) is 0 Å². The minimum absolute atomic E-state index is 0.207. The standard InChI is InChI=1S/C21H21Cl2N3O3/c1-12(2)14-6-4-5-7-17(14)24-18(27)11-26-19(28)21(3,25-20(26)29)15-9-8-13(22)10-16(15)23/h4-10,12H,11H2,1-3H3,(H,24,27)(H,25,29)/t21-/m0/s1. The molecular formula is C21H21Cl2N3O3. The summed E-state index contributed by atoms with van der Waals surface area (Å²) in [6.07, 6.45) is 0. The minimum atomic E-state index is -1.38. The summed E-state index contributed by atoms with van der Waals surface area (Å²) in [7, 11) is 0. The highest BCUT2D eigenvalue weighted by molar-refractivity contribution is 6.35. The molecule has 0 aliphatic carbocycles. The summed E-state index contributed by atoms with van der Waals surface area (Å²) in [6, 6.07) is 11.4. The van der Waals surface area contributed by atoms with Gasteiger partial charge < -0.3 is 10.6 Å². The zero-order chi connectivity index (χ0) is 21.3. The lowest BCUT2D eigenvalue weighted by atomic mass is 9.92. The number of nitrogens with one attached hydrogen (secondary N) is 2. The quantitative estimate of drug-likeness (QED) is 0.680. The number of anilines is 1. The maximum Gasteiger partial charge on any atom is 0.325 e. The summed E-state index contributed by atoms with van der Waals surface area (Å²) in [5, 5.41) is 6.10. The Kier molecular flexibility index (Phi) is 5.87. The second-order valence-corrected chi connectivity index (χ2v) is 8.20. The number of hydrogen-bond donors (Lipinski definition) is 2. The highest BCUT2D eigenvalue weighted by Gasteiger charge is 2.50. The first kappa shape index (κ1) is 21.1. The SMILES string of the molecule is CC(C)c1ccccc1NC(=O)CN1C(=O)N[C@@](C)(c2ccc(Cl)cc2Cl)C1=O. The van der Waals surface area contributed by atoms with Crippen molar-refractivity contribution in [3.63, 3.8) is 0 Å². The van der Waals surface area contributed by atoms with E-state index < -0.39 is 29.9 Å². The summed E-state index contributed by atoms with van der Waals surface area (Å²) in [4.78, 5) is 38.9. The molecule has 0 aromatic heterocycles. The van der Waals surface area contributed by atoms with Crippen LogP contribution in [0.1, 0.15) is 37.8 Å². The van der Waals surface area contributed by atoms with Gasteiger partial charge in [-0.2, -0.15) is 0 Å². The van der Waals surface area contributed by atoms with Gasteiger partial charge in [0.15, 0.2) is 0 Å². The molecule has 0 saturated carbocycles. The lowest BCUT2D eigenvalue weighted by Gasteiger charge is -2.23. The van der Waals surface area contributed by atoms with Crippen molar-refractivity contribution in [1.29, 1.82) is 0 Å². The highest BCUT2D eigenvalue weighted by Crippen LogP contribution is 2.35. The van der Waals surface area contributed by atoms with E-state index in [0.717, 1.165) is 10.5 Å². The van der Waals surface area contributed by atoms with Crippen LogP contribution >= 0.6 is 23.2 Å². The zero-order valence-electron chi connectivity index (χ0n) is 16.3. The summed E-state index contributed by atoms with van der Waals surface area (Å²) in [5.74, 6) is -0.814. The Labute approximate surface area is 179 Å². The van der Waals surface area contributed by atoms with E-state index in [1.165, 1.54) is 6.07 Å². The van der Waals surface area contributed by atoms with Gasteiger partial charge in [0.2, 0.25) is 5.91 Å². The van der Waals surface area contributed by atoms with Crippen LogP contribution in [0.5, 0.6) is 0 Å². The fourth-order valence-corrected chi connectivity index (χ4v) is 3.96. The number of nitrogens with zero attached hydrogens (tertiary/aromatic N) is 1. The van der Waals surface area contributed by atoms with Crippen LogP contribution in [0.2, 0.25) is 10.0 Å². The molecule has 1 fully saturated rings. The van der Waals surface area contributed by atoms with Gasteiger partial charge in [0.05, 0.1) is 0 Å². The molecule has 1 aliphatic rings. The summed E-state index contributed by atoms with van der Waals surface area (Å²) in [6.45, 7) is 5.18. The number of halogens is 2. The van der Waals surface area contributed by atoms with Crippen molar-refractivity contribution in [2.45, 2.75) is 32.2 Å². The number of hydrogen-bond acceptors (Lipinski definition) is 3. The molecule has 1 atom stereocenters. The maximum atomic E-state index is 13.0. The molecule has 29 heavy (non-hydrogen) atoms. The molecule has 2 aromatic rings.